The normalized spacial score (nSPS) is 21.0. The predicted molar refractivity (Wildman–Crippen MR) is 135 cm³/mol. The standard InChI is InChI=1S/C27H25ClN2O2S/c1-18-12-13-23-22(14-18)27(25(32)29(23)16-19-8-5-4-6-9-19)30(17-26(2,3)33-27)24(31)20-10-7-11-21(28)15-20/h4-15H,16-17H2,1-3H3. The van der Waals surface area contributed by atoms with E-state index in [4.69, 9.17) is 11.6 Å². The number of benzene rings is 3. The lowest BCUT2D eigenvalue weighted by molar-refractivity contribution is -0.123. The predicted octanol–water partition coefficient (Wildman–Crippen LogP) is 6.02. The van der Waals surface area contributed by atoms with Gasteiger partial charge in [-0.15, -0.1) is 11.8 Å². The maximum atomic E-state index is 14.3. The Morgan fingerprint density at radius 2 is 1.79 bits per heavy atom. The molecule has 6 heteroatoms. The van der Waals surface area contributed by atoms with E-state index in [2.05, 4.69) is 19.9 Å². The van der Waals surface area contributed by atoms with Gasteiger partial charge in [0.25, 0.3) is 11.8 Å². The molecule has 1 saturated heterocycles. The third-order valence-corrected chi connectivity index (χ3v) is 8.01. The smallest absolute Gasteiger partial charge is 0.268 e. The van der Waals surface area contributed by atoms with Crippen LogP contribution >= 0.6 is 23.4 Å². The summed E-state index contributed by atoms with van der Waals surface area (Å²) >= 11 is 7.76. The van der Waals surface area contributed by atoms with Gasteiger partial charge in [0.2, 0.25) is 0 Å². The van der Waals surface area contributed by atoms with Crippen molar-refractivity contribution in [2.75, 3.05) is 11.4 Å². The fraction of sp³-hybridized carbons (Fsp3) is 0.259. The summed E-state index contributed by atoms with van der Waals surface area (Å²) in [4.78, 5) is 30.6. The third kappa shape index (κ3) is 3.64. The molecule has 0 aromatic heterocycles. The highest BCUT2D eigenvalue weighted by atomic mass is 35.5. The van der Waals surface area contributed by atoms with Crippen LogP contribution in [0.2, 0.25) is 5.02 Å². The Labute approximate surface area is 203 Å². The molecule has 0 saturated carbocycles. The zero-order valence-electron chi connectivity index (χ0n) is 18.8. The zero-order valence-corrected chi connectivity index (χ0v) is 20.4. The summed E-state index contributed by atoms with van der Waals surface area (Å²) in [5.41, 5.74) is 4.34. The van der Waals surface area contributed by atoms with Gasteiger partial charge in [0.15, 0.2) is 4.87 Å². The first kappa shape index (κ1) is 22.1. The van der Waals surface area contributed by atoms with E-state index >= 15 is 0 Å². The van der Waals surface area contributed by atoms with Crippen LogP contribution in [0, 0.1) is 6.92 Å². The summed E-state index contributed by atoms with van der Waals surface area (Å²) in [6.45, 7) is 7.12. The Balaban J connectivity index is 1.66. The van der Waals surface area contributed by atoms with Crippen molar-refractivity contribution in [2.45, 2.75) is 36.9 Å². The number of aryl methyl sites for hydroxylation is 1. The van der Waals surface area contributed by atoms with Crippen LogP contribution < -0.4 is 4.90 Å². The van der Waals surface area contributed by atoms with Gasteiger partial charge in [0.1, 0.15) is 0 Å². The Hall–Kier alpha value is -2.76. The van der Waals surface area contributed by atoms with Gasteiger partial charge < -0.3 is 9.80 Å². The number of fused-ring (bicyclic) bond motifs is 2. The first-order valence-electron chi connectivity index (χ1n) is 11.0. The molecule has 2 amide bonds. The van der Waals surface area contributed by atoms with Gasteiger partial charge >= 0.3 is 0 Å². The van der Waals surface area contributed by atoms with Crippen molar-refractivity contribution in [3.05, 3.63) is 100 Å². The second-order valence-electron chi connectivity index (χ2n) is 9.30. The van der Waals surface area contributed by atoms with Gasteiger partial charge in [-0.25, -0.2) is 0 Å². The van der Waals surface area contributed by atoms with E-state index in [0.29, 0.717) is 23.7 Å². The van der Waals surface area contributed by atoms with Crippen molar-refractivity contribution in [3.63, 3.8) is 0 Å². The monoisotopic (exact) mass is 476 g/mol. The highest BCUT2D eigenvalue weighted by Gasteiger charge is 2.63. The first-order chi connectivity index (χ1) is 15.7. The number of carbonyl (C=O) groups is 2. The number of carbonyl (C=O) groups excluding carboxylic acids is 2. The van der Waals surface area contributed by atoms with Crippen molar-refractivity contribution < 1.29 is 9.59 Å². The van der Waals surface area contributed by atoms with Crippen molar-refractivity contribution in [1.29, 1.82) is 0 Å². The number of amides is 2. The lowest BCUT2D eigenvalue weighted by Gasteiger charge is -2.33. The highest BCUT2D eigenvalue weighted by molar-refractivity contribution is 8.02. The number of rotatable bonds is 3. The Morgan fingerprint density at radius 1 is 1.03 bits per heavy atom. The first-order valence-corrected chi connectivity index (χ1v) is 12.2. The van der Waals surface area contributed by atoms with E-state index in [1.54, 1.807) is 40.9 Å². The van der Waals surface area contributed by atoms with Gasteiger partial charge in [-0.3, -0.25) is 9.59 Å². The number of halogens is 1. The van der Waals surface area contributed by atoms with Crippen molar-refractivity contribution >= 4 is 40.9 Å². The molecule has 3 aromatic carbocycles. The van der Waals surface area contributed by atoms with E-state index in [1.165, 1.54) is 0 Å². The minimum Gasteiger partial charge on any atom is -0.310 e. The summed E-state index contributed by atoms with van der Waals surface area (Å²) in [6, 6.07) is 23.0. The largest absolute Gasteiger partial charge is 0.310 e. The SMILES string of the molecule is Cc1ccc2c(c1)C1(SC(C)(C)CN1C(=O)c1cccc(Cl)c1)C(=O)N2Cc1ccccc1. The molecular weight excluding hydrogens is 452 g/mol. The van der Waals surface area contributed by atoms with Gasteiger partial charge in [-0.2, -0.15) is 0 Å². The molecule has 5 rings (SSSR count). The van der Waals surface area contributed by atoms with Crippen molar-refractivity contribution in [2.24, 2.45) is 0 Å². The average Bonchev–Trinajstić information content (AvgIpc) is 3.20. The summed E-state index contributed by atoms with van der Waals surface area (Å²) in [6.07, 6.45) is 0. The van der Waals surface area contributed by atoms with E-state index in [-0.39, 0.29) is 16.6 Å². The lowest BCUT2D eigenvalue weighted by atomic mass is 10.0. The number of nitrogens with zero attached hydrogens (tertiary/aromatic N) is 2. The topological polar surface area (TPSA) is 40.6 Å². The number of anilines is 1. The van der Waals surface area contributed by atoms with E-state index in [1.807, 2.05) is 54.3 Å². The van der Waals surface area contributed by atoms with Gasteiger partial charge in [-0.05, 0) is 50.6 Å². The number of hydrogen-bond donors (Lipinski definition) is 0. The molecule has 1 fully saturated rings. The van der Waals surface area contributed by atoms with Crippen LogP contribution in [0.3, 0.4) is 0 Å². The minimum atomic E-state index is -1.11. The quantitative estimate of drug-likeness (QED) is 0.464. The molecule has 0 bridgehead atoms. The summed E-state index contributed by atoms with van der Waals surface area (Å²) in [5, 5.41) is 0.501. The third-order valence-electron chi connectivity index (χ3n) is 6.19. The molecule has 4 nitrogen and oxygen atoms in total. The molecule has 2 aliphatic heterocycles. The molecule has 1 unspecified atom stereocenters. The Morgan fingerprint density at radius 3 is 2.52 bits per heavy atom. The van der Waals surface area contributed by atoms with Crippen LogP contribution in [-0.2, 0) is 16.2 Å². The van der Waals surface area contributed by atoms with Crippen molar-refractivity contribution in [1.82, 2.24) is 4.90 Å². The number of hydrogen-bond acceptors (Lipinski definition) is 3. The molecule has 3 aromatic rings. The summed E-state index contributed by atoms with van der Waals surface area (Å²) < 4.78 is -0.298. The van der Waals surface area contributed by atoms with Crippen molar-refractivity contribution in [3.8, 4) is 0 Å². The molecule has 0 aliphatic carbocycles. The molecule has 0 radical (unpaired) electrons. The maximum absolute atomic E-state index is 14.3. The molecule has 168 valence electrons. The summed E-state index contributed by atoms with van der Waals surface area (Å²) in [7, 11) is 0. The van der Waals surface area contributed by atoms with E-state index < -0.39 is 4.87 Å². The minimum absolute atomic E-state index is 0.0714. The average molecular weight is 477 g/mol. The summed E-state index contributed by atoms with van der Waals surface area (Å²) in [5.74, 6) is -0.254. The van der Waals surface area contributed by atoms with Gasteiger partial charge in [0, 0.05) is 27.4 Å². The van der Waals surface area contributed by atoms with Crippen LogP contribution in [-0.4, -0.2) is 28.0 Å². The van der Waals surface area contributed by atoms with Crippen LogP contribution in [0.25, 0.3) is 0 Å². The molecule has 2 heterocycles. The molecular formula is C27H25ClN2O2S. The van der Waals surface area contributed by atoms with Gasteiger partial charge in [0.05, 0.1) is 12.2 Å². The lowest BCUT2D eigenvalue weighted by Crippen LogP contribution is -2.50. The Kier molecular flexibility index (Phi) is 5.30. The second kappa shape index (κ2) is 7.93. The fourth-order valence-corrected chi connectivity index (χ4v) is 6.73. The van der Waals surface area contributed by atoms with Gasteiger partial charge in [-0.1, -0.05) is 65.7 Å². The molecule has 2 aliphatic rings. The van der Waals surface area contributed by atoms with Crippen LogP contribution in [0.15, 0.2) is 72.8 Å². The second-order valence-corrected chi connectivity index (χ2v) is 11.6. The maximum Gasteiger partial charge on any atom is 0.268 e. The van der Waals surface area contributed by atoms with Crippen LogP contribution in [0.1, 0.15) is 40.9 Å². The van der Waals surface area contributed by atoms with E-state index in [0.717, 1.165) is 22.4 Å². The zero-order chi connectivity index (χ0) is 23.4. The molecule has 33 heavy (non-hydrogen) atoms. The molecule has 1 spiro atoms. The molecule has 1 atom stereocenters. The van der Waals surface area contributed by atoms with Crippen LogP contribution in [0.5, 0.6) is 0 Å². The highest BCUT2D eigenvalue weighted by Crippen LogP contribution is 2.60. The van der Waals surface area contributed by atoms with E-state index in [9.17, 15) is 9.59 Å². The number of thioether (sulfide) groups is 1. The van der Waals surface area contributed by atoms with Crippen LogP contribution in [0.4, 0.5) is 5.69 Å². The fourth-order valence-electron chi connectivity index (χ4n) is 4.82. The molecule has 0 N–H and O–H groups in total. The Bertz CT molecular complexity index is 1260.